The van der Waals surface area contributed by atoms with Gasteiger partial charge in [-0.2, -0.15) is 0 Å². The van der Waals surface area contributed by atoms with E-state index in [9.17, 15) is 5.21 Å². The third-order valence-electron chi connectivity index (χ3n) is 3.10. The first-order valence-corrected chi connectivity index (χ1v) is 6.27. The third-order valence-corrected chi connectivity index (χ3v) is 3.10. The molecule has 1 aromatic rings. The Morgan fingerprint density at radius 2 is 2.18 bits per heavy atom. The van der Waals surface area contributed by atoms with Crippen LogP contribution in [-0.4, -0.2) is 11.6 Å². The molecule has 94 valence electrons. The van der Waals surface area contributed by atoms with Crippen LogP contribution in [0.1, 0.15) is 43.9 Å². The van der Waals surface area contributed by atoms with Crippen LogP contribution in [0, 0.1) is 5.21 Å². The summed E-state index contributed by atoms with van der Waals surface area (Å²) >= 11 is 0. The molecule has 5 heteroatoms. The molecule has 0 spiro atoms. The first-order valence-electron chi connectivity index (χ1n) is 6.27. The van der Waals surface area contributed by atoms with E-state index in [4.69, 9.17) is 10.5 Å². The Bertz CT molecular complexity index is 407. The summed E-state index contributed by atoms with van der Waals surface area (Å²) in [7, 11) is 0. The van der Waals surface area contributed by atoms with Crippen LogP contribution in [0.4, 0.5) is 5.95 Å². The molecule has 0 radical (unpaired) electrons. The Hall–Kier alpha value is -1.52. The highest BCUT2D eigenvalue weighted by molar-refractivity contribution is 5.33. The number of unbranched alkanes of at least 4 members (excludes halogenated alkanes) is 1. The third kappa shape index (κ3) is 2.43. The zero-order valence-electron chi connectivity index (χ0n) is 10.2. The summed E-state index contributed by atoms with van der Waals surface area (Å²) in [4.78, 5) is 4.06. The minimum Gasteiger partial charge on any atom is -0.740 e. The fourth-order valence-corrected chi connectivity index (χ4v) is 2.13. The van der Waals surface area contributed by atoms with E-state index in [1.54, 1.807) is 0 Å². The summed E-state index contributed by atoms with van der Waals surface area (Å²) in [6, 6.07) is 0. The molecule has 0 amide bonds. The SMILES string of the molecule is CCCCOc1nc(N)[n+]([O-])c2c1CCCC2. The molecule has 0 saturated heterocycles. The summed E-state index contributed by atoms with van der Waals surface area (Å²) in [5.74, 6) is 0.565. The highest BCUT2D eigenvalue weighted by Gasteiger charge is 2.23. The Labute approximate surface area is 101 Å². The number of nitrogen functional groups attached to an aromatic ring is 1. The van der Waals surface area contributed by atoms with Gasteiger partial charge in [0.2, 0.25) is 0 Å². The Kier molecular flexibility index (Phi) is 3.66. The molecule has 0 fully saturated rings. The summed E-state index contributed by atoms with van der Waals surface area (Å²) in [5, 5.41) is 11.8. The summed E-state index contributed by atoms with van der Waals surface area (Å²) in [6.45, 7) is 2.75. The highest BCUT2D eigenvalue weighted by Crippen LogP contribution is 2.26. The monoisotopic (exact) mass is 237 g/mol. The standard InChI is InChI=1S/C12H19N3O2/c1-2-3-8-17-11-9-6-4-5-7-10(9)15(16)12(13)14-11/h2-8H2,1H3,(H2,13,14). The number of nitrogens with two attached hydrogens (primary N) is 1. The van der Waals surface area contributed by atoms with E-state index < -0.39 is 0 Å². The maximum absolute atomic E-state index is 11.8. The fraction of sp³-hybridized carbons (Fsp3) is 0.667. The molecule has 2 N–H and O–H groups in total. The van der Waals surface area contributed by atoms with Gasteiger partial charge in [-0.25, -0.2) is 4.73 Å². The summed E-state index contributed by atoms with van der Waals surface area (Å²) in [5.41, 5.74) is 7.31. The van der Waals surface area contributed by atoms with Gasteiger partial charge in [0.05, 0.1) is 17.9 Å². The lowest BCUT2D eigenvalue weighted by Crippen LogP contribution is -2.39. The van der Waals surface area contributed by atoms with Crippen molar-refractivity contribution in [1.82, 2.24) is 4.98 Å². The average Bonchev–Trinajstić information content (AvgIpc) is 2.36. The molecule has 5 nitrogen and oxygen atoms in total. The lowest BCUT2D eigenvalue weighted by Gasteiger charge is -2.21. The topological polar surface area (TPSA) is 75.1 Å². The molecule has 0 aliphatic heterocycles. The maximum atomic E-state index is 11.8. The number of rotatable bonds is 4. The molecule has 0 bridgehead atoms. The Morgan fingerprint density at radius 1 is 1.41 bits per heavy atom. The van der Waals surface area contributed by atoms with E-state index >= 15 is 0 Å². The number of fused-ring (bicyclic) bond motifs is 1. The van der Waals surface area contributed by atoms with Gasteiger partial charge in [0.25, 0.3) is 5.88 Å². The zero-order chi connectivity index (χ0) is 12.3. The van der Waals surface area contributed by atoms with Crippen LogP contribution in [-0.2, 0) is 12.8 Å². The second-order valence-electron chi connectivity index (χ2n) is 4.40. The molecule has 0 atom stereocenters. The van der Waals surface area contributed by atoms with Gasteiger partial charge in [-0.15, -0.1) is 0 Å². The van der Waals surface area contributed by atoms with E-state index in [1.165, 1.54) is 0 Å². The van der Waals surface area contributed by atoms with Crippen molar-refractivity contribution in [3.63, 3.8) is 0 Å². The molecule has 1 aromatic heterocycles. The number of aromatic nitrogens is 2. The van der Waals surface area contributed by atoms with Gasteiger partial charge in [-0.05, 0) is 30.7 Å². The van der Waals surface area contributed by atoms with Gasteiger partial charge in [-0.1, -0.05) is 13.3 Å². The van der Waals surface area contributed by atoms with Gasteiger partial charge in [0.15, 0.2) is 0 Å². The summed E-state index contributed by atoms with van der Waals surface area (Å²) < 4.78 is 6.39. The van der Waals surface area contributed by atoms with Crippen molar-refractivity contribution in [2.24, 2.45) is 0 Å². The molecule has 0 unspecified atom stereocenters. The second kappa shape index (κ2) is 5.21. The van der Waals surface area contributed by atoms with Crippen molar-refractivity contribution in [1.29, 1.82) is 0 Å². The van der Waals surface area contributed by atoms with Crippen molar-refractivity contribution in [2.75, 3.05) is 12.3 Å². The zero-order valence-corrected chi connectivity index (χ0v) is 10.2. The van der Waals surface area contributed by atoms with Crippen LogP contribution in [0.25, 0.3) is 0 Å². The van der Waals surface area contributed by atoms with Crippen molar-refractivity contribution < 1.29 is 9.47 Å². The second-order valence-corrected chi connectivity index (χ2v) is 4.40. The van der Waals surface area contributed by atoms with Crippen molar-refractivity contribution in [3.05, 3.63) is 16.5 Å². The predicted molar refractivity (Wildman–Crippen MR) is 64.7 cm³/mol. The number of nitrogens with zero attached hydrogens (tertiary/aromatic N) is 2. The van der Waals surface area contributed by atoms with Gasteiger partial charge < -0.3 is 9.94 Å². The van der Waals surface area contributed by atoms with Gasteiger partial charge >= 0.3 is 5.95 Å². The van der Waals surface area contributed by atoms with Gasteiger partial charge in [-0.3, -0.25) is 5.73 Å². The normalized spacial score (nSPS) is 14.4. The average molecular weight is 237 g/mol. The molecular formula is C12H19N3O2. The number of hydrogen-bond donors (Lipinski definition) is 1. The molecule has 0 aromatic carbocycles. The van der Waals surface area contributed by atoms with E-state index in [1.807, 2.05) is 0 Å². The molecule has 1 aliphatic rings. The molecular weight excluding hydrogens is 218 g/mol. The summed E-state index contributed by atoms with van der Waals surface area (Å²) in [6.07, 6.45) is 5.83. The fourth-order valence-electron chi connectivity index (χ4n) is 2.13. The first kappa shape index (κ1) is 12.0. The molecule has 1 heterocycles. The lowest BCUT2D eigenvalue weighted by atomic mass is 9.97. The van der Waals surface area contributed by atoms with E-state index in [0.29, 0.717) is 12.5 Å². The smallest absolute Gasteiger partial charge is 0.393 e. The van der Waals surface area contributed by atoms with Crippen molar-refractivity contribution >= 4 is 5.95 Å². The molecule has 17 heavy (non-hydrogen) atoms. The minimum atomic E-state index is -0.00264. The Morgan fingerprint density at radius 3 is 2.94 bits per heavy atom. The largest absolute Gasteiger partial charge is 0.740 e. The van der Waals surface area contributed by atoms with Crippen LogP contribution in [0.5, 0.6) is 5.88 Å². The van der Waals surface area contributed by atoms with Gasteiger partial charge in [0, 0.05) is 6.42 Å². The van der Waals surface area contributed by atoms with E-state index in [-0.39, 0.29) is 5.95 Å². The first-order chi connectivity index (χ1) is 8.24. The van der Waals surface area contributed by atoms with Crippen molar-refractivity contribution in [2.45, 2.75) is 45.4 Å². The lowest BCUT2D eigenvalue weighted by molar-refractivity contribution is -0.602. The minimum absolute atomic E-state index is 0.00264. The number of ether oxygens (including phenoxy) is 1. The van der Waals surface area contributed by atoms with Gasteiger partial charge in [0.1, 0.15) is 0 Å². The van der Waals surface area contributed by atoms with E-state index in [2.05, 4.69) is 11.9 Å². The van der Waals surface area contributed by atoms with Crippen LogP contribution in [0.3, 0.4) is 0 Å². The van der Waals surface area contributed by atoms with E-state index in [0.717, 1.165) is 54.5 Å². The number of hydrogen-bond acceptors (Lipinski definition) is 4. The van der Waals surface area contributed by atoms with Crippen molar-refractivity contribution in [3.8, 4) is 5.88 Å². The van der Waals surface area contributed by atoms with Crippen LogP contribution >= 0.6 is 0 Å². The molecule has 1 aliphatic carbocycles. The molecule has 2 rings (SSSR count). The van der Waals surface area contributed by atoms with Crippen LogP contribution < -0.4 is 15.2 Å². The van der Waals surface area contributed by atoms with Crippen LogP contribution in [0.15, 0.2) is 0 Å². The Balaban J connectivity index is 2.28. The maximum Gasteiger partial charge on any atom is 0.393 e. The highest BCUT2D eigenvalue weighted by atomic mass is 16.5. The quantitative estimate of drug-likeness (QED) is 0.487. The molecule has 0 saturated carbocycles. The van der Waals surface area contributed by atoms with Crippen LogP contribution in [0.2, 0.25) is 0 Å². The number of anilines is 1. The predicted octanol–water partition coefficient (Wildman–Crippen LogP) is 1.35.